The molecule has 0 aliphatic carbocycles. The Bertz CT molecular complexity index is 560. The first-order valence-electron chi connectivity index (χ1n) is 6.72. The Balaban J connectivity index is 2.40. The molecule has 19 heavy (non-hydrogen) atoms. The minimum Gasteiger partial charge on any atom is -0.441 e. The molecule has 0 radical (unpaired) electrons. The molecule has 1 aromatic carbocycles. The highest BCUT2D eigenvalue weighted by molar-refractivity contribution is 5.73. The molecule has 3 N–H and O–H groups in total. The van der Waals surface area contributed by atoms with E-state index in [1.54, 1.807) is 0 Å². The van der Waals surface area contributed by atoms with E-state index in [0.29, 0.717) is 12.4 Å². The number of aryl methyl sites for hydroxylation is 1. The molecule has 0 bridgehead atoms. The molecule has 1 heterocycles. The lowest BCUT2D eigenvalue weighted by molar-refractivity contribution is 0.239. The van der Waals surface area contributed by atoms with Gasteiger partial charge in [0.15, 0.2) is 11.5 Å². The van der Waals surface area contributed by atoms with E-state index in [9.17, 15) is 0 Å². The normalized spacial score (nSPS) is 13.9. The van der Waals surface area contributed by atoms with Gasteiger partial charge in [-0.25, -0.2) is 4.98 Å². The molecule has 1 atom stereocenters. The van der Waals surface area contributed by atoms with Crippen molar-refractivity contribution in [1.29, 1.82) is 0 Å². The summed E-state index contributed by atoms with van der Waals surface area (Å²) >= 11 is 0. The SMILES string of the molecule is CNC(c1ccc2oc(C)nc2c1)C(C)(C)CCN. The highest BCUT2D eigenvalue weighted by atomic mass is 16.3. The molecule has 2 rings (SSSR count). The molecule has 0 saturated carbocycles. The van der Waals surface area contributed by atoms with Crippen molar-refractivity contribution in [2.24, 2.45) is 11.1 Å². The Morgan fingerprint density at radius 3 is 2.79 bits per heavy atom. The third-order valence-corrected chi connectivity index (χ3v) is 3.71. The first kappa shape index (κ1) is 14.0. The number of nitrogens with one attached hydrogen (secondary N) is 1. The van der Waals surface area contributed by atoms with E-state index in [-0.39, 0.29) is 11.5 Å². The Morgan fingerprint density at radius 2 is 2.16 bits per heavy atom. The average Bonchev–Trinajstić information content (AvgIpc) is 2.68. The number of fused-ring (bicyclic) bond motifs is 1. The second-order valence-electron chi connectivity index (χ2n) is 5.71. The van der Waals surface area contributed by atoms with Crippen LogP contribution in [-0.2, 0) is 0 Å². The average molecular weight is 261 g/mol. The number of nitrogens with two attached hydrogens (primary N) is 1. The van der Waals surface area contributed by atoms with Crippen molar-refractivity contribution in [3.05, 3.63) is 29.7 Å². The molecular weight excluding hydrogens is 238 g/mol. The zero-order valence-electron chi connectivity index (χ0n) is 12.2. The fourth-order valence-corrected chi connectivity index (χ4v) is 2.76. The number of nitrogens with zero attached hydrogens (tertiary/aromatic N) is 1. The van der Waals surface area contributed by atoms with Crippen LogP contribution in [-0.4, -0.2) is 18.6 Å². The van der Waals surface area contributed by atoms with E-state index < -0.39 is 0 Å². The molecule has 2 aromatic rings. The molecule has 4 heteroatoms. The minimum absolute atomic E-state index is 0.0932. The van der Waals surface area contributed by atoms with Crippen LogP contribution in [0, 0.1) is 12.3 Å². The highest BCUT2D eigenvalue weighted by Gasteiger charge is 2.29. The van der Waals surface area contributed by atoms with Gasteiger partial charge in [0.1, 0.15) is 5.52 Å². The summed E-state index contributed by atoms with van der Waals surface area (Å²) in [4.78, 5) is 4.40. The molecule has 4 nitrogen and oxygen atoms in total. The van der Waals surface area contributed by atoms with Gasteiger partial charge in [-0.3, -0.25) is 0 Å². The lowest BCUT2D eigenvalue weighted by atomic mass is 9.78. The Kier molecular flexibility index (Phi) is 3.92. The van der Waals surface area contributed by atoms with Crippen LogP contribution in [0.4, 0.5) is 0 Å². The quantitative estimate of drug-likeness (QED) is 0.868. The van der Waals surface area contributed by atoms with E-state index in [2.05, 4.69) is 36.3 Å². The summed E-state index contributed by atoms with van der Waals surface area (Å²) in [6.45, 7) is 7.03. The number of oxazole rings is 1. The number of hydrogen-bond acceptors (Lipinski definition) is 4. The van der Waals surface area contributed by atoms with Crippen LogP contribution >= 0.6 is 0 Å². The zero-order valence-corrected chi connectivity index (χ0v) is 12.2. The van der Waals surface area contributed by atoms with Gasteiger partial charge in [0.2, 0.25) is 0 Å². The van der Waals surface area contributed by atoms with Gasteiger partial charge in [0.05, 0.1) is 0 Å². The third-order valence-electron chi connectivity index (χ3n) is 3.71. The summed E-state index contributed by atoms with van der Waals surface area (Å²) < 4.78 is 5.52. The highest BCUT2D eigenvalue weighted by Crippen LogP contribution is 2.36. The maximum atomic E-state index is 5.72. The number of hydrogen-bond donors (Lipinski definition) is 2. The van der Waals surface area contributed by atoms with Gasteiger partial charge in [-0.15, -0.1) is 0 Å². The van der Waals surface area contributed by atoms with Crippen molar-refractivity contribution in [2.45, 2.75) is 33.2 Å². The standard InChI is InChI=1S/C15H23N3O/c1-10-18-12-9-11(5-6-13(12)19-10)14(17-4)15(2,3)7-8-16/h5-6,9,14,17H,7-8,16H2,1-4H3. The number of rotatable bonds is 5. The fraction of sp³-hybridized carbons (Fsp3) is 0.533. The molecule has 1 unspecified atom stereocenters. The Hall–Kier alpha value is -1.39. The number of benzene rings is 1. The van der Waals surface area contributed by atoms with E-state index >= 15 is 0 Å². The number of aromatic nitrogens is 1. The topological polar surface area (TPSA) is 64.1 Å². The van der Waals surface area contributed by atoms with Gasteiger partial charge < -0.3 is 15.5 Å². The van der Waals surface area contributed by atoms with Crippen LogP contribution in [0.25, 0.3) is 11.1 Å². The van der Waals surface area contributed by atoms with Crippen molar-refractivity contribution < 1.29 is 4.42 Å². The summed E-state index contributed by atoms with van der Waals surface area (Å²) in [5.74, 6) is 0.703. The maximum absolute atomic E-state index is 5.72. The Morgan fingerprint density at radius 1 is 1.42 bits per heavy atom. The maximum Gasteiger partial charge on any atom is 0.192 e. The molecule has 0 aliphatic heterocycles. The summed E-state index contributed by atoms with van der Waals surface area (Å²) in [5.41, 5.74) is 8.80. The lowest BCUT2D eigenvalue weighted by Gasteiger charge is -2.34. The minimum atomic E-state index is 0.0932. The second-order valence-corrected chi connectivity index (χ2v) is 5.71. The predicted octanol–water partition coefficient (Wildman–Crippen LogP) is 2.77. The van der Waals surface area contributed by atoms with Crippen LogP contribution in [0.2, 0.25) is 0 Å². The van der Waals surface area contributed by atoms with E-state index in [4.69, 9.17) is 10.2 Å². The largest absolute Gasteiger partial charge is 0.441 e. The summed E-state index contributed by atoms with van der Waals surface area (Å²) in [7, 11) is 1.99. The van der Waals surface area contributed by atoms with Gasteiger partial charge in [-0.05, 0) is 43.1 Å². The lowest BCUT2D eigenvalue weighted by Crippen LogP contribution is -2.33. The summed E-state index contributed by atoms with van der Waals surface area (Å²) in [5, 5.41) is 3.40. The summed E-state index contributed by atoms with van der Waals surface area (Å²) in [6, 6.07) is 6.45. The molecule has 0 fully saturated rings. The molecule has 0 saturated heterocycles. The predicted molar refractivity (Wildman–Crippen MR) is 78.0 cm³/mol. The fourth-order valence-electron chi connectivity index (χ4n) is 2.76. The molecule has 104 valence electrons. The first-order chi connectivity index (χ1) is 8.97. The van der Waals surface area contributed by atoms with Crippen LogP contribution in [0.3, 0.4) is 0 Å². The van der Waals surface area contributed by atoms with Crippen LogP contribution < -0.4 is 11.1 Å². The van der Waals surface area contributed by atoms with E-state index in [0.717, 1.165) is 17.5 Å². The molecule has 1 aromatic heterocycles. The molecule has 0 amide bonds. The second kappa shape index (κ2) is 5.31. The smallest absolute Gasteiger partial charge is 0.192 e. The first-order valence-corrected chi connectivity index (χ1v) is 6.72. The zero-order chi connectivity index (χ0) is 14.0. The van der Waals surface area contributed by atoms with Crippen molar-refractivity contribution in [2.75, 3.05) is 13.6 Å². The van der Waals surface area contributed by atoms with Crippen molar-refractivity contribution in [3.8, 4) is 0 Å². The van der Waals surface area contributed by atoms with Gasteiger partial charge in [-0.2, -0.15) is 0 Å². The summed E-state index contributed by atoms with van der Waals surface area (Å²) in [6.07, 6.45) is 0.967. The molecular formula is C15H23N3O. The van der Waals surface area contributed by atoms with Gasteiger partial charge in [0.25, 0.3) is 0 Å². The molecule has 0 aliphatic rings. The Labute approximate surface area is 114 Å². The van der Waals surface area contributed by atoms with Gasteiger partial charge >= 0.3 is 0 Å². The van der Waals surface area contributed by atoms with E-state index in [1.807, 2.05) is 20.0 Å². The van der Waals surface area contributed by atoms with Crippen LogP contribution in [0.15, 0.2) is 22.6 Å². The molecule has 0 spiro atoms. The van der Waals surface area contributed by atoms with Crippen LogP contribution in [0.1, 0.15) is 37.8 Å². The van der Waals surface area contributed by atoms with E-state index in [1.165, 1.54) is 5.56 Å². The van der Waals surface area contributed by atoms with Gasteiger partial charge in [-0.1, -0.05) is 19.9 Å². The van der Waals surface area contributed by atoms with Gasteiger partial charge in [0, 0.05) is 13.0 Å². The van der Waals surface area contributed by atoms with Crippen molar-refractivity contribution in [1.82, 2.24) is 10.3 Å². The van der Waals surface area contributed by atoms with Crippen molar-refractivity contribution in [3.63, 3.8) is 0 Å². The monoisotopic (exact) mass is 261 g/mol. The third kappa shape index (κ3) is 2.80. The van der Waals surface area contributed by atoms with Crippen LogP contribution in [0.5, 0.6) is 0 Å². The van der Waals surface area contributed by atoms with Crippen molar-refractivity contribution >= 4 is 11.1 Å².